The summed E-state index contributed by atoms with van der Waals surface area (Å²) in [5, 5.41) is 5.00. The van der Waals surface area contributed by atoms with Crippen molar-refractivity contribution >= 4 is 54.9 Å². The molecule has 18 heteroatoms. The zero-order valence-corrected chi connectivity index (χ0v) is 38.5. The Labute approximate surface area is 381 Å². The van der Waals surface area contributed by atoms with Crippen LogP contribution in [0.4, 0.5) is 17.2 Å². The molecular weight excluding hydrogens is 876 g/mol. The summed E-state index contributed by atoms with van der Waals surface area (Å²) in [6, 6.07) is 28.0. The molecule has 15 nitrogen and oxygen atoms in total. The van der Waals surface area contributed by atoms with Gasteiger partial charge in [-0.3, -0.25) is 13.6 Å². The van der Waals surface area contributed by atoms with Gasteiger partial charge in [0.15, 0.2) is 0 Å². The van der Waals surface area contributed by atoms with Crippen LogP contribution in [-0.2, 0) is 25.3 Å². The van der Waals surface area contributed by atoms with Crippen LogP contribution in [0.1, 0.15) is 57.1 Å². The van der Waals surface area contributed by atoms with Crippen molar-refractivity contribution in [1.29, 1.82) is 0 Å². The van der Waals surface area contributed by atoms with E-state index in [4.69, 9.17) is 31.6 Å². The average molecular weight is 932 g/mol. The smallest absolute Gasteiger partial charge is 0.304 e. The van der Waals surface area contributed by atoms with Crippen LogP contribution < -0.4 is 23.8 Å². The third-order valence-electron chi connectivity index (χ3n) is 11.2. The highest BCUT2D eigenvalue weighted by atomic mass is 35.5. The van der Waals surface area contributed by atoms with Gasteiger partial charge in [0.2, 0.25) is 0 Å². The van der Waals surface area contributed by atoms with Gasteiger partial charge in [-0.25, -0.2) is 4.98 Å². The number of benzene rings is 3. The lowest BCUT2D eigenvalue weighted by atomic mass is 9.97. The SMILES string of the molecule is CCO/N=C(/c1ccc(OCCC(C)CCN2CCN(c3ccnc(N)c3)S2(=O)=O)cc1)c1cc(-c2ccc(OCCCCCN3CCN(c4ccncc4)S3(=O)=O)cc2)ccc1Cl. The van der Waals surface area contributed by atoms with Crippen molar-refractivity contribution in [2.24, 2.45) is 11.1 Å². The third-order valence-corrected chi connectivity index (χ3v) is 15.5. The minimum absolute atomic E-state index is 0.238. The highest BCUT2D eigenvalue weighted by Gasteiger charge is 2.37. The maximum absolute atomic E-state index is 13.2. The van der Waals surface area contributed by atoms with Gasteiger partial charge in [-0.2, -0.15) is 25.4 Å². The van der Waals surface area contributed by atoms with Crippen molar-refractivity contribution in [3.63, 3.8) is 0 Å². The van der Waals surface area contributed by atoms with E-state index in [1.165, 1.54) is 19.1 Å². The Morgan fingerprint density at radius 1 is 0.719 bits per heavy atom. The monoisotopic (exact) mass is 930 g/mol. The van der Waals surface area contributed by atoms with Gasteiger partial charge in [-0.15, -0.1) is 0 Å². The molecule has 2 N–H and O–H groups in total. The lowest BCUT2D eigenvalue weighted by molar-refractivity contribution is 0.159. The van der Waals surface area contributed by atoms with Gasteiger partial charge in [0.05, 0.1) is 29.6 Å². The molecule has 5 aromatic rings. The molecule has 2 aliphatic rings. The molecule has 0 radical (unpaired) electrons. The average Bonchev–Trinajstić information content (AvgIpc) is 3.77. The van der Waals surface area contributed by atoms with Crippen LogP contribution in [0.5, 0.6) is 11.5 Å². The van der Waals surface area contributed by atoms with E-state index in [1.807, 2.05) is 73.7 Å². The second-order valence-corrected chi connectivity index (χ2v) is 19.8. The Bertz CT molecular complexity index is 2570. The molecule has 2 saturated heterocycles. The summed E-state index contributed by atoms with van der Waals surface area (Å²) in [5.41, 5.74) is 11.0. The van der Waals surface area contributed by atoms with Gasteiger partial charge < -0.3 is 20.0 Å². The van der Waals surface area contributed by atoms with E-state index >= 15 is 0 Å². The molecule has 2 aromatic heterocycles. The molecular formula is C46H55ClN8O7S2. The van der Waals surface area contributed by atoms with Crippen LogP contribution in [0.15, 0.2) is 115 Å². The maximum Gasteiger partial charge on any atom is 0.304 e. The predicted octanol–water partition coefficient (Wildman–Crippen LogP) is 7.65. The van der Waals surface area contributed by atoms with Crippen molar-refractivity contribution < 1.29 is 31.1 Å². The van der Waals surface area contributed by atoms with Crippen LogP contribution in [-0.4, -0.2) is 100 Å². The van der Waals surface area contributed by atoms with E-state index in [0.717, 1.165) is 53.7 Å². The number of pyridine rings is 2. The highest BCUT2D eigenvalue weighted by molar-refractivity contribution is 7.91. The van der Waals surface area contributed by atoms with E-state index in [2.05, 4.69) is 22.0 Å². The number of ether oxygens (including phenoxy) is 2. The first-order valence-electron chi connectivity index (χ1n) is 21.6. The Hall–Kier alpha value is -5.46. The Morgan fingerprint density at radius 2 is 1.34 bits per heavy atom. The van der Waals surface area contributed by atoms with E-state index in [1.54, 1.807) is 41.0 Å². The summed E-state index contributed by atoms with van der Waals surface area (Å²) >= 11 is 6.80. The minimum atomic E-state index is -3.62. The van der Waals surface area contributed by atoms with E-state index in [9.17, 15) is 16.8 Å². The van der Waals surface area contributed by atoms with Gasteiger partial charge in [0, 0.05) is 75.1 Å². The van der Waals surface area contributed by atoms with Crippen LogP contribution in [0.2, 0.25) is 5.02 Å². The Balaban J connectivity index is 0.870. The van der Waals surface area contributed by atoms with E-state index in [0.29, 0.717) is 93.4 Å². The summed E-state index contributed by atoms with van der Waals surface area (Å²) in [6.07, 6.45) is 8.58. The van der Waals surface area contributed by atoms with E-state index in [-0.39, 0.29) is 11.7 Å². The summed E-state index contributed by atoms with van der Waals surface area (Å²) in [7, 11) is -7.15. The number of anilines is 3. The number of halogens is 1. The minimum Gasteiger partial charge on any atom is -0.494 e. The number of unbranched alkanes of at least 4 members (excludes halogenated alkanes) is 2. The summed E-state index contributed by atoms with van der Waals surface area (Å²) in [5.74, 6) is 1.97. The Morgan fingerprint density at radius 3 is 2.03 bits per heavy atom. The summed E-state index contributed by atoms with van der Waals surface area (Å²) in [4.78, 5) is 13.5. The molecule has 340 valence electrons. The molecule has 1 atom stereocenters. The number of nitrogens with zero attached hydrogens (tertiary/aromatic N) is 7. The number of rotatable bonds is 21. The fraction of sp³-hybridized carbons (Fsp3) is 0.370. The molecule has 7 rings (SSSR count). The van der Waals surface area contributed by atoms with Gasteiger partial charge in [-0.1, -0.05) is 41.9 Å². The summed E-state index contributed by atoms with van der Waals surface area (Å²) in [6.45, 7) is 7.96. The van der Waals surface area contributed by atoms with Gasteiger partial charge in [-0.05, 0) is 123 Å². The number of oxime groups is 1. The van der Waals surface area contributed by atoms with Crippen LogP contribution in [0.25, 0.3) is 11.1 Å². The molecule has 0 saturated carbocycles. The van der Waals surface area contributed by atoms with Gasteiger partial charge >= 0.3 is 20.4 Å². The first kappa shape index (κ1) is 46.5. The van der Waals surface area contributed by atoms with Crippen molar-refractivity contribution in [2.45, 2.75) is 46.0 Å². The van der Waals surface area contributed by atoms with Crippen molar-refractivity contribution in [3.05, 3.63) is 126 Å². The number of nitrogens with two attached hydrogens (primary N) is 1. The normalized spacial score (nSPS) is 16.8. The van der Waals surface area contributed by atoms with Crippen molar-refractivity contribution in [1.82, 2.24) is 18.6 Å². The second-order valence-electron chi connectivity index (χ2n) is 15.6. The highest BCUT2D eigenvalue weighted by Crippen LogP contribution is 2.31. The number of nitrogen functional groups attached to an aromatic ring is 1. The first-order valence-corrected chi connectivity index (χ1v) is 24.7. The number of aromatic nitrogens is 2. The largest absolute Gasteiger partial charge is 0.494 e. The molecule has 0 bridgehead atoms. The zero-order valence-electron chi connectivity index (χ0n) is 36.1. The molecule has 3 aromatic carbocycles. The fourth-order valence-corrected chi connectivity index (χ4v) is 11.1. The lowest BCUT2D eigenvalue weighted by Crippen LogP contribution is -2.34. The van der Waals surface area contributed by atoms with Crippen molar-refractivity contribution in [2.75, 3.05) is 73.4 Å². The topological polar surface area (TPSA) is 173 Å². The molecule has 2 fully saturated rings. The molecule has 0 amide bonds. The molecule has 2 aliphatic heterocycles. The second kappa shape index (κ2) is 21.5. The van der Waals surface area contributed by atoms with Crippen LogP contribution in [0.3, 0.4) is 0 Å². The standard InChI is InChI=1S/C46H55ClN8O7S2/c1-3-62-51-46(37-9-14-42(15-10-37)61-32-21-35(2)20-26-53-28-30-55(64(53,58)59)40-19-24-50-45(48)34-40)43-33-38(11-16-44(43)47)36-7-12-41(13-8-36)60-31-6-4-5-25-52-27-29-54(63(52,56)57)39-17-22-49-23-18-39/h7-19,22-24,33-35H,3-6,20-21,25-32H2,1-2H3,(H2,48,50)/b51-46-. The van der Waals surface area contributed by atoms with E-state index < -0.39 is 20.4 Å². The maximum atomic E-state index is 13.2. The molecule has 4 heterocycles. The quantitative estimate of drug-likeness (QED) is 0.0438. The number of hydrogen-bond acceptors (Lipinski definition) is 11. The Kier molecular flexibility index (Phi) is 15.6. The molecule has 1 unspecified atom stereocenters. The van der Waals surface area contributed by atoms with Gasteiger partial charge in [0.25, 0.3) is 0 Å². The number of hydrogen-bond donors (Lipinski definition) is 1. The predicted molar refractivity (Wildman–Crippen MR) is 252 cm³/mol. The molecule has 64 heavy (non-hydrogen) atoms. The van der Waals surface area contributed by atoms with Crippen LogP contribution >= 0.6 is 11.6 Å². The fourth-order valence-electron chi connectivity index (χ4n) is 7.60. The molecule has 0 spiro atoms. The van der Waals surface area contributed by atoms with Crippen molar-refractivity contribution in [3.8, 4) is 22.6 Å². The molecule has 0 aliphatic carbocycles. The first-order chi connectivity index (χ1) is 30.9. The lowest BCUT2D eigenvalue weighted by Gasteiger charge is -2.21. The summed E-state index contributed by atoms with van der Waals surface area (Å²) < 4.78 is 70.4. The van der Waals surface area contributed by atoms with Gasteiger partial charge in [0.1, 0.15) is 29.6 Å². The third kappa shape index (κ3) is 11.4. The van der Waals surface area contributed by atoms with Crippen LogP contribution in [0, 0.1) is 5.92 Å². The zero-order chi connectivity index (χ0) is 45.1.